The molecule has 4 nitrogen and oxygen atoms in total. The van der Waals surface area contributed by atoms with Gasteiger partial charge in [0, 0.05) is 19.6 Å². The van der Waals surface area contributed by atoms with E-state index < -0.39 is 0 Å². The molecule has 0 radical (unpaired) electrons. The van der Waals surface area contributed by atoms with Gasteiger partial charge >= 0.3 is 0 Å². The standard InChI is InChI=1S/C17H27NO3/c1-2-20-15-9-8-14-17(15)21-11-10-18(14)16(19)12-13-6-4-3-5-7-13/h6,14-15,17H,2-5,7-12H2,1H3/t14-,15-,17-/m0/s1. The molecule has 0 aromatic heterocycles. The molecule has 0 N–H and O–H groups in total. The molecule has 1 saturated heterocycles. The smallest absolute Gasteiger partial charge is 0.227 e. The highest BCUT2D eigenvalue weighted by molar-refractivity contribution is 5.79. The van der Waals surface area contributed by atoms with Crippen molar-refractivity contribution < 1.29 is 14.3 Å². The highest BCUT2D eigenvalue weighted by Crippen LogP contribution is 2.33. The summed E-state index contributed by atoms with van der Waals surface area (Å²) >= 11 is 0. The van der Waals surface area contributed by atoms with Crippen molar-refractivity contribution in [2.45, 2.75) is 70.1 Å². The van der Waals surface area contributed by atoms with Gasteiger partial charge in [0.2, 0.25) is 5.91 Å². The topological polar surface area (TPSA) is 38.8 Å². The maximum Gasteiger partial charge on any atom is 0.227 e. The first-order valence-corrected chi connectivity index (χ1v) is 8.50. The number of morpholine rings is 1. The largest absolute Gasteiger partial charge is 0.376 e. The van der Waals surface area contributed by atoms with E-state index in [2.05, 4.69) is 11.0 Å². The number of carbonyl (C=O) groups is 1. The third-order valence-corrected chi connectivity index (χ3v) is 5.00. The van der Waals surface area contributed by atoms with Gasteiger partial charge in [-0.1, -0.05) is 11.6 Å². The summed E-state index contributed by atoms with van der Waals surface area (Å²) in [5.74, 6) is 0.290. The second-order valence-electron chi connectivity index (χ2n) is 6.35. The van der Waals surface area contributed by atoms with Crippen molar-refractivity contribution in [3.8, 4) is 0 Å². The van der Waals surface area contributed by atoms with E-state index in [1.54, 1.807) is 0 Å². The second kappa shape index (κ2) is 6.93. The van der Waals surface area contributed by atoms with Crippen molar-refractivity contribution in [2.75, 3.05) is 19.8 Å². The lowest BCUT2D eigenvalue weighted by atomic mass is 9.96. The van der Waals surface area contributed by atoms with Crippen LogP contribution in [0.25, 0.3) is 0 Å². The fourth-order valence-corrected chi connectivity index (χ4v) is 3.98. The molecular weight excluding hydrogens is 266 g/mol. The fraction of sp³-hybridized carbons (Fsp3) is 0.824. The molecule has 4 heteroatoms. The van der Waals surface area contributed by atoms with Gasteiger partial charge in [-0.25, -0.2) is 0 Å². The first-order chi connectivity index (χ1) is 10.3. The lowest BCUT2D eigenvalue weighted by Crippen LogP contribution is -2.53. The first-order valence-electron chi connectivity index (χ1n) is 8.50. The summed E-state index contributed by atoms with van der Waals surface area (Å²) in [6, 6.07) is 0.229. The maximum absolute atomic E-state index is 12.7. The third kappa shape index (κ3) is 3.32. The van der Waals surface area contributed by atoms with Crippen LogP contribution in [0.1, 0.15) is 51.9 Å². The summed E-state index contributed by atoms with van der Waals surface area (Å²) in [5, 5.41) is 0. The highest BCUT2D eigenvalue weighted by Gasteiger charge is 2.44. The third-order valence-electron chi connectivity index (χ3n) is 5.00. The Labute approximate surface area is 127 Å². The number of amides is 1. The zero-order valence-corrected chi connectivity index (χ0v) is 13.1. The van der Waals surface area contributed by atoms with Crippen LogP contribution < -0.4 is 0 Å². The summed E-state index contributed by atoms with van der Waals surface area (Å²) in [5.41, 5.74) is 1.34. The minimum absolute atomic E-state index is 0.0861. The first kappa shape index (κ1) is 15.0. The number of hydrogen-bond donors (Lipinski definition) is 0. The number of ether oxygens (including phenoxy) is 2. The van der Waals surface area contributed by atoms with Crippen LogP contribution in [-0.2, 0) is 14.3 Å². The van der Waals surface area contributed by atoms with Crippen LogP contribution in [0.4, 0.5) is 0 Å². The lowest BCUT2D eigenvalue weighted by Gasteiger charge is -2.39. The van der Waals surface area contributed by atoms with E-state index in [1.165, 1.54) is 18.4 Å². The molecule has 118 valence electrons. The van der Waals surface area contributed by atoms with E-state index >= 15 is 0 Å². The van der Waals surface area contributed by atoms with Gasteiger partial charge in [0.15, 0.2) is 0 Å². The van der Waals surface area contributed by atoms with E-state index in [4.69, 9.17) is 9.47 Å². The number of rotatable bonds is 4. The van der Waals surface area contributed by atoms with E-state index in [0.717, 1.165) is 38.8 Å². The molecule has 1 saturated carbocycles. The van der Waals surface area contributed by atoms with Crippen LogP contribution in [0.15, 0.2) is 11.6 Å². The predicted octanol–water partition coefficient (Wildman–Crippen LogP) is 2.67. The molecule has 0 aromatic rings. The van der Waals surface area contributed by atoms with E-state index in [-0.39, 0.29) is 18.2 Å². The molecular formula is C17H27NO3. The molecule has 3 aliphatic rings. The number of carbonyl (C=O) groups excluding carboxylic acids is 1. The van der Waals surface area contributed by atoms with Crippen LogP contribution in [0.2, 0.25) is 0 Å². The van der Waals surface area contributed by atoms with Crippen molar-refractivity contribution in [1.29, 1.82) is 0 Å². The Kier molecular flexibility index (Phi) is 4.96. The van der Waals surface area contributed by atoms with E-state index in [1.807, 2.05) is 6.92 Å². The number of fused-ring (bicyclic) bond motifs is 1. The van der Waals surface area contributed by atoms with Crippen LogP contribution in [0.5, 0.6) is 0 Å². The molecule has 1 heterocycles. The van der Waals surface area contributed by atoms with Gasteiger partial charge in [-0.05, 0) is 45.4 Å². The monoisotopic (exact) mass is 293 g/mol. The van der Waals surface area contributed by atoms with E-state index in [0.29, 0.717) is 18.9 Å². The van der Waals surface area contributed by atoms with Gasteiger partial charge in [-0.2, -0.15) is 0 Å². The van der Waals surface area contributed by atoms with Crippen LogP contribution in [0, 0.1) is 0 Å². The van der Waals surface area contributed by atoms with Crippen molar-refractivity contribution in [3.63, 3.8) is 0 Å². The highest BCUT2D eigenvalue weighted by atomic mass is 16.5. The second-order valence-corrected chi connectivity index (χ2v) is 6.35. The predicted molar refractivity (Wildman–Crippen MR) is 81.1 cm³/mol. The molecule has 2 aliphatic carbocycles. The summed E-state index contributed by atoms with van der Waals surface area (Å²) in [6.45, 7) is 4.13. The zero-order chi connectivity index (χ0) is 14.7. The lowest BCUT2D eigenvalue weighted by molar-refractivity contribution is -0.150. The van der Waals surface area contributed by atoms with Crippen molar-refractivity contribution in [1.82, 2.24) is 4.90 Å². The van der Waals surface area contributed by atoms with Crippen molar-refractivity contribution in [2.24, 2.45) is 0 Å². The van der Waals surface area contributed by atoms with Gasteiger partial charge in [0.1, 0.15) is 6.10 Å². The normalized spacial score (nSPS) is 32.7. The summed E-state index contributed by atoms with van der Waals surface area (Å²) < 4.78 is 11.7. The summed E-state index contributed by atoms with van der Waals surface area (Å²) in [4.78, 5) is 14.7. The molecule has 3 atom stereocenters. The van der Waals surface area contributed by atoms with Crippen molar-refractivity contribution >= 4 is 5.91 Å². The number of allylic oxidation sites excluding steroid dienone is 1. The van der Waals surface area contributed by atoms with E-state index in [9.17, 15) is 4.79 Å². The molecule has 0 unspecified atom stereocenters. The minimum Gasteiger partial charge on any atom is -0.376 e. The Morgan fingerprint density at radius 1 is 1.43 bits per heavy atom. The molecule has 1 amide bonds. The number of nitrogens with zero attached hydrogens (tertiary/aromatic N) is 1. The molecule has 1 aliphatic heterocycles. The molecule has 0 aromatic carbocycles. The van der Waals surface area contributed by atoms with Crippen LogP contribution >= 0.6 is 0 Å². The SMILES string of the molecule is CCO[C@H]1CC[C@H]2[C@@H]1OCCN2C(=O)CC1=CCCCC1. The van der Waals surface area contributed by atoms with Gasteiger partial charge in [-0.15, -0.1) is 0 Å². The van der Waals surface area contributed by atoms with Crippen LogP contribution in [0.3, 0.4) is 0 Å². The Morgan fingerprint density at radius 2 is 2.33 bits per heavy atom. The average Bonchev–Trinajstić information content (AvgIpc) is 2.92. The molecule has 2 fully saturated rings. The summed E-state index contributed by atoms with van der Waals surface area (Å²) in [6.07, 6.45) is 9.93. The average molecular weight is 293 g/mol. The Hall–Kier alpha value is -0.870. The van der Waals surface area contributed by atoms with Gasteiger partial charge < -0.3 is 14.4 Å². The Morgan fingerprint density at radius 3 is 3.10 bits per heavy atom. The molecule has 0 bridgehead atoms. The Bertz CT molecular complexity index is 407. The van der Waals surface area contributed by atoms with Gasteiger partial charge in [-0.3, -0.25) is 4.79 Å². The Balaban J connectivity index is 1.62. The quantitative estimate of drug-likeness (QED) is 0.748. The van der Waals surface area contributed by atoms with Crippen molar-refractivity contribution in [3.05, 3.63) is 11.6 Å². The minimum atomic E-state index is 0.0861. The van der Waals surface area contributed by atoms with Crippen LogP contribution in [-0.4, -0.2) is 48.8 Å². The number of hydrogen-bond acceptors (Lipinski definition) is 3. The van der Waals surface area contributed by atoms with Gasteiger partial charge in [0.05, 0.1) is 18.8 Å². The molecule has 3 rings (SSSR count). The fourth-order valence-electron chi connectivity index (χ4n) is 3.98. The zero-order valence-electron chi connectivity index (χ0n) is 13.1. The molecule has 21 heavy (non-hydrogen) atoms. The maximum atomic E-state index is 12.7. The summed E-state index contributed by atoms with van der Waals surface area (Å²) in [7, 11) is 0. The molecule has 0 spiro atoms. The van der Waals surface area contributed by atoms with Gasteiger partial charge in [0.25, 0.3) is 0 Å².